The van der Waals surface area contributed by atoms with E-state index in [1.54, 1.807) is 6.07 Å². The summed E-state index contributed by atoms with van der Waals surface area (Å²) in [7, 11) is 2.98. The number of anilines is 1. The van der Waals surface area contributed by atoms with Gasteiger partial charge in [-0.3, -0.25) is 0 Å². The van der Waals surface area contributed by atoms with Gasteiger partial charge < -0.3 is 20.3 Å². The maximum Gasteiger partial charge on any atom is 0.149 e. The Labute approximate surface area is 70.5 Å². The zero-order valence-corrected chi connectivity index (χ0v) is 7.00. The van der Waals surface area contributed by atoms with Crippen LogP contribution in [0.2, 0.25) is 0 Å². The van der Waals surface area contributed by atoms with Crippen molar-refractivity contribution in [3.05, 3.63) is 12.1 Å². The van der Waals surface area contributed by atoms with Gasteiger partial charge in [0.1, 0.15) is 22.9 Å². The number of hydrogen-bond acceptors (Lipinski definition) is 4. The highest BCUT2D eigenvalue weighted by Crippen LogP contribution is 2.35. The summed E-state index contributed by atoms with van der Waals surface area (Å²) in [6.45, 7) is 0. The smallest absolute Gasteiger partial charge is 0.149 e. The van der Waals surface area contributed by atoms with E-state index in [2.05, 4.69) is 0 Å². The van der Waals surface area contributed by atoms with E-state index in [0.29, 0.717) is 11.5 Å². The third-order valence-electron chi connectivity index (χ3n) is 1.55. The minimum Gasteiger partial charge on any atom is -0.506 e. The van der Waals surface area contributed by atoms with Gasteiger partial charge in [0, 0.05) is 12.1 Å². The molecule has 4 heteroatoms. The molecule has 0 aliphatic heterocycles. The number of phenolic OH excluding ortho intramolecular Hbond substituents is 1. The Bertz CT molecular complexity index is 286. The van der Waals surface area contributed by atoms with Gasteiger partial charge in [0.15, 0.2) is 0 Å². The molecule has 0 bridgehead atoms. The second-order valence-electron chi connectivity index (χ2n) is 2.26. The molecule has 66 valence electrons. The average molecular weight is 169 g/mol. The molecule has 0 aliphatic carbocycles. The van der Waals surface area contributed by atoms with Crippen LogP contribution in [0.1, 0.15) is 0 Å². The largest absolute Gasteiger partial charge is 0.506 e. The zero-order chi connectivity index (χ0) is 9.14. The molecular formula is C8H11NO3. The van der Waals surface area contributed by atoms with Gasteiger partial charge in [0.2, 0.25) is 0 Å². The lowest BCUT2D eigenvalue weighted by atomic mass is 10.2. The molecular weight excluding hydrogens is 158 g/mol. The van der Waals surface area contributed by atoms with Crippen LogP contribution in [0.4, 0.5) is 5.69 Å². The summed E-state index contributed by atoms with van der Waals surface area (Å²) in [6, 6.07) is 3.03. The van der Waals surface area contributed by atoms with E-state index in [4.69, 9.17) is 15.2 Å². The van der Waals surface area contributed by atoms with Crippen molar-refractivity contribution in [2.24, 2.45) is 0 Å². The number of nitrogens with two attached hydrogens (primary N) is 1. The molecule has 0 saturated heterocycles. The number of hydrogen-bond donors (Lipinski definition) is 2. The normalized spacial score (nSPS) is 9.50. The summed E-state index contributed by atoms with van der Waals surface area (Å²) in [6.07, 6.45) is 0. The van der Waals surface area contributed by atoms with E-state index in [1.165, 1.54) is 20.3 Å². The van der Waals surface area contributed by atoms with Gasteiger partial charge in [-0.1, -0.05) is 0 Å². The lowest BCUT2D eigenvalue weighted by Gasteiger charge is -2.08. The van der Waals surface area contributed by atoms with Crippen molar-refractivity contribution < 1.29 is 14.6 Å². The van der Waals surface area contributed by atoms with Crippen molar-refractivity contribution in [3.63, 3.8) is 0 Å². The van der Waals surface area contributed by atoms with Gasteiger partial charge in [0.25, 0.3) is 0 Å². The summed E-state index contributed by atoms with van der Waals surface area (Å²) in [4.78, 5) is 0. The first-order valence-electron chi connectivity index (χ1n) is 3.39. The maximum atomic E-state index is 9.26. The molecule has 0 heterocycles. The standard InChI is InChI=1S/C8H11NO3/c1-11-5-3-6(10)8(9)7(4-5)12-2/h3-4,10H,9H2,1-2H3. The molecule has 4 nitrogen and oxygen atoms in total. The SMILES string of the molecule is COc1cc(O)c(N)c(OC)c1. The minimum absolute atomic E-state index is 0.0359. The molecule has 0 aliphatic rings. The zero-order valence-electron chi connectivity index (χ0n) is 7.00. The number of methoxy groups -OCH3 is 2. The molecule has 0 aromatic heterocycles. The van der Waals surface area contributed by atoms with E-state index < -0.39 is 0 Å². The topological polar surface area (TPSA) is 64.7 Å². The lowest BCUT2D eigenvalue weighted by molar-refractivity contribution is 0.387. The quantitative estimate of drug-likeness (QED) is 0.512. The number of rotatable bonds is 2. The third-order valence-corrected chi connectivity index (χ3v) is 1.55. The van der Waals surface area contributed by atoms with Gasteiger partial charge in [-0.15, -0.1) is 0 Å². The Balaban J connectivity index is 3.19. The average Bonchev–Trinajstić information content (AvgIpc) is 2.09. The molecule has 1 aromatic rings. The predicted octanol–water partition coefficient (Wildman–Crippen LogP) is 0.992. The van der Waals surface area contributed by atoms with Crippen LogP contribution in [-0.4, -0.2) is 19.3 Å². The first kappa shape index (κ1) is 8.52. The van der Waals surface area contributed by atoms with Crippen molar-refractivity contribution in [3.8, 4) is 17.2 Å². The third kappa shape index (κ3) is 1.37. The second-order valence-corrected chi connectivity index (χ2v) is 2.26. The fraction of sp³-hybridized carbons (Fsp3) is 0.250. The van der Waals surface area contributed by atoms with Gasteiger partial charge in [-0.05, 0) is 0 Å². The number of benzene rings is 1. The summed E-state index contributed by atoms with van der Waals surface area (Å²) in [5.74, 6) is 0.886. The van der Waals surface area contributed by atoms with Gasteiger partial charge >= 0.3 is 0 Å². The van der Waals surface area contributed by atoms with Crippen molar-refractivity contribution >= 4 is 5.69 Å². The van der Waals surface area contributed by atoms with Gasteiger partial charge in [-0.2, -0.15) is 0 Å². The molecule has 0 atom stereocenters. The van der Waals surface area contributed by atoms with E-state index in [1.807, 2.05) is 0 Å². The maximum absolute atomic E-state index is 9.26. The molecule has 0 amide bonds. The highest BCUT2D eigenvalue weighted by molar-refractivity contribution is 5.64. The minimum atomic E-state index is -0.0359. The summed E-state index contributed by atoms with van der Waals surface area (Å²) < 4.78 is 9.80. The summed E-state index contributed by atoms with van der Waals surface area (Å²) >= 11 is 0. The number of phenols is 1. The Morgan fingerprint density at radius 2 is 1.92 bits per heavy atom. The molecule has 3 N–H and O–H groups in total. The van der Waals surface area contributed by atoms with Crippen LogP contribution < -0.4 is 15.2 Å². The number of aromatic hydroxyl groups is 1. The Kier molecular flexibility index (Phi) is 2.28. The van der Waals surface area contributed by atoms with E-state index in [-0.39, 0.29) is 11.4 Å². The molecule has 1 aromatic carbocycles. The Hall–Kier alpha value is -1.58. The van der Waals surface area contributed by atoms with Crippen LogP contribution in [0.5, 0.6) is 17.2 Å². The molecule has 12 heavy (non-hydrogen) atoms. The van der Waals surface area contributed by atoms with Crippen LogP contribution in [0.25, 0.3) is 0 Å². The van der Waals surface area contributed by atoms with Crippen LogP contribution in [-0.2, 0) is 0 Å². The van der Waals surface area contributed by atoms with Gasteiger partial charge in [-0.25, -0.2) is 0 Å². The van der Waals surface area contributed by atoms with Crippen LogP contribution in [0.3, 0.4) is 0 Å². The Morgan fingerprint density at radius 1 is 1.25 bits per heavy atom. The summed E-state index contributed by atoms with van der Waals surface area (Å²) in [5, 5.41) is 9.26. The summed E-state index contributed by atoms with van der Waals surface area (Å²) in [5.41, 5.74) is 5.71. The Morgan fingerprint density at radius 3 is 2.42 bits per heavy atom. The van der Waals surface area contributed by atoms with E-state index in [9.17, 15) is 5.11 Å². The highest BCUT2D eigenvalue weighted by Gasteiger charge is 2.06. The fourth-order valence-corrected chi connectivity index (χ4v) is 0.874. The molecule has 0 saturated carbocycles. The molecule has 0 radical (unpaired) electrons. The van der Waals surface area contributed by atoms with Crippen molar-refractivity contribution in [2.75, 3.05) is 20.0 Å². The second kappa shape index (κ2) is 3.21. The number of ether oxygens (including phenoxy) is 2. The predicted molar refractivity (Wildman–Crippen MR) is 45.6 cm³/mol. The van der Waals surface area contributed by atoms with Crippen molar-refractivity contribution in [2.45, 2.75) is 0 Å². The molecule has 0 fully saturated rings. The molecule has 0 unspecified atom stereocenters. The molecule has 0 spiro atoms. The lowest BCUT2D eigenvalue weighted by Crippen LogP contribution is -1.94. The van der Waals surface area contributed by atoms with Crippen LogP contribution in [0.15, 0.2) is 12.1 Å². The van der Waals surface area contributed by atoms with E-state index >= 15 is 0 Å². The van der Waals surface area contributed by atoms with E-state index in [0.717, 1.165) is 0 Å². The first-order valence-corrected chi connectivity index (χ1v) is 3.39. The van der Waals surface area contributed by atoms with Crippen molar-refractivity contribution in [1.29, 1.82) is 0 Å². The number of nitrogen functional groups attached to an aromatic ring is 1. The molecule has 1 rings (SSSR count). The van der Waals surface area contributed by atoms with Gasteiger partial charge in [0.05, 0.1) is 14.2 Å². The van der Waals surface area contributed by atoms with Crippen LogP contribution in [0, 0.1) is 0 Å². The monoisotopic (exact) mass is 169 g/mol. The first-order chi connectivity index (χ1) is 5.69. The van der Waals surface area contributed by atoms with Crippen molar-refractivity contribution in [1.82, 2.24) is 0 Å². The van der Waals surface area contributed by atoms with Crippen LogP contribution >= 0.6 is 0 Å². The fourth-order valence-electron chi connectivity index (χ4n) is 0.874. The highest BCUT2D eigenvalue weighted by atomic mass is 16.5.